The molecule has 1 heterocycles. The van der Waals surface area contributed by atoms with E-state index in [9.17, 15) is 0 Å². The van der Waals surface area contributed by atoms with Crippen LogP contribution in [0.4, 0.5) is 0 Å². The average Bonchev–Trinajstić information content (AvgIpc) is 1.94. The third-order valence-corrected chi connectivity index (χ3v) is 27.2. The summed E-state index contributed by atoms with van der Waals surface area (Å²) in [4.78, 5) is 16.7. The molecule has 0 aromatic heterocycles. The molecule has 4 aliphatic carbocycles. The van der Waals surface area contributed by atoms with Gasteiger partial charge >= 0.3 is 5.97 Å². The third-order valence-electron chi connectivity index (χ3n) is 26.2. The standard InChI is InChI=1S/C71H19NO2Si/c1-5-74-68(73)70(7-6-8-75(2,3)4)71-66-60-54-44-32-24-16-12-10-11-14-18(16)26(32)36-30-22(14)23-15(11)19-17-13(10)21-20(12)28-34(24)42-48-38(28)39-29(21)35-25(17)33-27(19)37-31(23)41-40(30)52(46(36)54)62(66)63-53(41)47(37)55-45(33)51-43(35)49(39)57-56(48)64(58(60)50(42)44)69(71,9-72-70)65(57)59(51)61(55)67(63)71/h72H,5,7,9H2,1-4H3. The fourth-order valence-corrected chi connectivity index (χ4v) is 26.7. The SMILES string of the molecule is CCOC(=O)C1(CC#C[Si](C)(C)C)NCC23c4c5c6c7c8c9c(c%10c%11c2c2c4c4c%12c5c5c6c6c8c8c%13c9c9c%10c%10c%11c%11c2c2c4c4c%12c%12c5c5c6c8c6c8c%13c9c9c%10c%10c%11c2c2c4c4c%12c5c6c5c8c9c%10c2c45)C713. The molecule has 324 valence electrons. The lowest BCUT2D eigenvalue weighted by atomic mass is 9.44. The molecule has 28 aromatic carbocycles. The van der Waals surface area contributed by atoms with E-state index in [2.05, 4.69) is 36.4 Å². The first-order valence-electron chi connectivity index (χ1n) is 28.1. The molecule has 1 fully saturated rings. The van der Waals surface area contributed by atoms with Gasteiger partial charge in [-0.25, -0.2) is 4.79 Å². The predicted molar refractivity (Wildman–Crippen MR) is 317 cm³/mol. The van der Waals surface area contributed by atoms with Crippen LogP contribution >= 0.6 is 0 Å². The zero-order valence-electron chi connectivity index (χ0n) is 39.9. The van der Waals surface area contributed by atoms with Gasteiger partial charge in [0, 0.05) is 13.0 Å². The average molecular weight is 946 g/mol. The second kappa shape index (κ2) is 6.89. The van der Waals surface area contributed by atoms with E-state index in [1.54, 1.807) is 259 Å². The summed E-state index contributed by atoms with van der Waals surface area (Å²) in [6, 6.07) is 0. The molecular weight excluding hydrogens is 927 g/mol. The molecule has 2 spiro atoms. The van der Waals surface area contributed by atoms with Crippen LogP contribution in [0.2, 0.25) is 19.6 Å². The van der Waals surface area contributed by atoms with Crippen molar-refractivity contribution in [2.24, 2.45) is 0 Å². The first-order valence-corrected chi connectivity index (χ1v) is 31.6. The van der Waals surface area contributed by atoms with Crippen LogP contribution in [-0.4, -0.2) is 32.7 Å². The van der Waals surface area contributed by atoms with Crippen LogP contribution in [0.15, 0.2) is 0 Å². The molecule has 0 bridgehead atoms. The molecule has 0 saturated carbocycles. The van der Waals surface area contributed by atoms with E-state index in [1.165, 1.54) is 54.2 Å². The molecule has 33 rings (SSSR count). The fraction of sp³-hybridized carbons (Fsp3) is 0.141. The number of carbonyl (C=O) groups excluding carboxylic acids is 1. The summed E-state index contributed by atoms with van der Waals surface area (Å²) in [6.07, 6.45) is 0.426. The Labute approximate surface area is 413 Å². The van der Waals surface area contributed by atoms with Gasteiger partial charge in [0.2, 0.25) is 0 Å². The van der Waals surface area contributed by atoms with Gasteiger partial charge in [-0.05, 0) is 320 Å². The largest absolute Gasteiger partial charge is 0.465 e. The summed E-state index contributed by atoms with van der Waals surface area (Å²) in [5.41, 5.74) is 7.49. The minimum atomic E-state index is -1.88. The number of rotatable bonds is 3. The van der Waals surface area contributed by atoms with Gasteiger partial charge in [0.1, 0.15) is 13.6 Å². The topological polar surface area (TPSA) is 38.3 Å². The fourth-order valence-electron chi connectivity index (χ4n) is 26.1. The Morgan fingerprint density at radius 1 is 0.373 bits per heavy atom. The second-order valence-electron chi connectivity index (χ2n) is 28.1. The molecule has 4 heteroatoms. The number of hydrogen-bond acceptors (Lipinski definition) is 3. The molecule has 0 amide bonds. The summed E-state index contributed by atoms with van der Waals surface area (Å²) >= 11 is 0. The van der Waals surface area contributed by atoms with Gasteiger partial charge in [-0.3, -0.25) is 5.32 Å². The Kier molecular flexibility index (Phi) is 2.77. The molecule has 28 aromatic rings. The Morgan fingerprint density at radius 3 is 0.800 bits per heavy atom. The molecule has 75 heavy (non-hydrogen) atoms. The van der Waals surface area contributed by atoms with Crippen molar-refractivity contribution in [2.75, 3.05) is 13.2 Å². The van der Waals surface area contributed by atoms with Gasteiger partial charge < -0.3 is 4.74 Å². The number of hydrogen-bond donors (Lipinski definition) is 1. The Bertz CT molecular complexity index is 7320. The predicted octanol–water partition coefficient (Wildman–Crippen LogP) is 17.5. The Balaban J connectivity index is 1.13. The maximum Gasteiger partial charge on any atom is 0.328 e. The van der Waals surface area contributed by atoms with Gasteiger partial charge in [0.05, 0.1) is 17.4 Å². The zero-order valence-corrected chi connectivity index (χ0v) is 40.9. The molecule has 1 N–H and O–H groups in total. The summed E-state index contributed by atoms with van der Waals surface area (Å²) in [6.45, 7) is 10.2. The lowest BCUT2D eigenvalue weighted by molar-refractivity contribution is -0.152. The summed E-state index contributed by atoms with van der Waals surface area (Å²) in [5.74, 6) is 3.86. The molecule has 1 unspecified atom stereocenters. The molecule has 1 atom stereocenters. The Morgan fingerprint density at radius 2 is 0.587 bits per heavy atom. The molecule has 1 saturated heterocycles. The van der Waals surface area contributed by atoms with Crippen molar-refractivity contribution in [1.82, 2.24) is 5.32 Å². The maximum absolute atomic E-state index is 16.7. The molecule has 3 nitrogen and oxygen atoms in total. The number of ether oxygens (including phenoxy) is 1. The van der Waals surface area contributed by atoms with Gasteiger partial charge in [-0.1, -0.05) is 19.6 Å². The van der Waals surface area contributed by atoms with E-state index in [0.717, 1.165) is 0 Å². The monoisotopic (exact) mass is 945 g/mol. The van der Waals surface area contributed by atoms with Crippen molar-refractivity contribution in [1.29, 1.82) is 0 Å². The molecule has 0 radical (unpaired) electrons. The van der Waals surface area contributed by atoms with E-state index in [-0.39, 0.29) is 5.97 Å². The van der Waals surface area contributed by atoms with Crippen LogP contribution in [0, 0.1) is 11.5 Å². The van der Waals surface area contributed by atoms with Crippen LogP contribution in [0.3, 0.4) is 0 Å². The van der Waals surface area contributed by atoms with E-state index >= 15 is 4.79 Å². The molecular formula is C71H19NO2Si. The highest BCUT2D eigenvalue weighted by atomic mass is 28.3. The number of esters is 1. The first-order chi connectivity index (χ1) is 36.9. The first kappa shape index (κ1) is 30.1. The van der Waals surface area contributed by atoms with Crippen molar-refractivity contribution in [3.05, 3.63) is 22.3 Å². The van der Waals surface area contributed by atoms with Crippen molar-refractivity contribution in [2.45, 2.75) is 49.4 Å². The zero-order chi connectivity index (χ0) is 46.0. The number of benzene rings is 18. The summed E-state index contributed by atoms with van der Waals surface area (Å²) in [5, 5.41) is 89.7. The van der Waals surface area contributed by atoms with Crippen molar-refractivity contribution in [3.63, 3.8) is 0 Å². The molecule has 5 aliphatic rings. The van der Waals surface area contributed by atoms with E-state index in [0.29, 0.717) is 19.6 Å². The van der Waals surface area contributed by atoms with E-state index < -0.39 is 24.4 Å². The van der Waals surface area contributed by atoms with Crippen LogP contribution in [0.5, 0.6) is 0 Å². The highest BCUT2D eigenvalue weighted by molar-refractivity contribution is 6.84. The lowest BCUT2D eigenvalue weighted by Crippen LogP contribution is -2.65. The van der Waals surface area contributed by atoms with Crippen molar-refractivity contribution < 1.29 is 9.53 Å². The smallest absolute Gasteiger partial charge is 0.328 e. The van der Waals surface area contributed by atoms with Crippen LogP contribution in [0.1, 0.15) is 35.6 Å². The van der Waals surface area contributed by atoms with Crippen LogP contribution in [0.25, 0.3) is 291 Å². The summed E-state index contributed by atoms with van der Waals surface area (Å²) in [7, 11) is -1.88. The molecule has 1 aliphatic heterocycles. The van der Waals surface area contributed by atoms with E-state index in [4.69, 9.17) is 4.74 Å². The summed E-state index contributed by atoms with van der Waals surface area (Å²) < 4.78 is 6.80. The van der Waals surface area contributed by atoms with Crippen LogP contribution < -0.4 is 5.32 Å². The van der Waals surface area contributed by atoms with Crippen molar-refractivity contribution >= 4 is 305 Å². The van der Waals surface area contributed by atoms with Gasteiger partial charge in [0.15, 0.2) is 0 Å². The third kappa shape index (κ3) is 1.68. The second-order valence-corrected chi connectivity index (χ2v) is 32.9. The highest BCUT2D eigenvalue weighted by Gasteiger charge is 2.81. The normalized spacial score (nSPS) is 23.8. The lowest BCUT2D eigenvalue weighted by Gasteiger charge is -2.54. The Hall–Kier alpha value is -8.33. The van der Waals surface area contributed by atoms with E-state index in [1.807, 2.05) is 6.92 Å². The minimum Gasteiger partial charge on any atom is -0.465 e. The number of carbonyl (C=O) groups is 1. The number of nitrogens with one attached hydrogen (secondary N) is 1. The maximum atomic E-state index is 16.7. The highest BCUT2D eigenvalue weighted by Crippen LogP contribution is 2.86. The van der Waals surface area contributed by atoms with Gasteiger partial charge in [-0.15, -0.1) is 11.5 Å². The quantitative estimate of drug-likeness (QED) is 0.0830. The van der Waals surface area contributed by atoms with Crippen molar-refractivity contribution in [3.8, 4) is 11.5 Å². The minimum absolute atomic E-state index is 0.0933. The van der Waals surface area contributed by atoms with Crippen LogP contribution in [-0.2, 0) is 20.4 Å². The van der Waals surface area contributed by atoms with Gasteiger partial charge in [0.25, 0.3) is 0 Å². The van der Waals surface area contributed by atoms with Gasteiger partial charge in [-0.2, -0.15) is 0 Å².